The fraction of sp³-hybridized carbons (Fsp3) is 0.237. The van der Waals surface area contributed by atoms with E-state index in [-0.39, 0.29) is 173 Å². The van der Waals surface area contributed by atoms with Crippen LogP contribution in [0.15, 0.2) is 216 Å². The van der Waals surface area contributed by atoms with Gasteiger partial charge in [-0.15, -0.1) is 58.0 Å². The number of amides is 1. The fourth-order valence-electron chi connectivity index (χ4n) is 9.42. The number of phenolic OH excluding ortho intramolecular Hbond substituents is 4. The van der Waals surface area contributed by atoms with Crippen molar-refractivity contribution in [3.63, 3.8) is 0 Å². The number of nitrogen functional groups attached to an aromatic ring is 1. The van der Waals surface area contributed by atoms with Gasteiger partial charge >= 0.3 is 52.9 Å². The Morgan fingerprint density at radius 1 is 0.529 bits per heavy atom. The first kappa shape index (κ1) is 111. The van der Waals surface area contributed by atoms with Crippen LogP contribution >= 0.6 is 12.4 Å². The van der Waals surface area contributed by atoms with E-state index in [0.717, 1.165) is 78.0 Å². The van der Waals surface area contributed by atoms with Crippen molar-refractivity contribution in [2.75, 3.05) is 74.2 Å². The molecule has 0 saturated carbocycles. The minimum Gasteiger partial charge on any atom is -1.00 e. The minimum absolute atomic E-state index is 0. The maximum absolute atomic E-state index is 12.0. The second kappa shape index (κ2) is 57.8. The fourth-order valence-corrected chi connectivity index (χ4v) is 9.42. The zero-order chi connectivity index (χ0) is 83.6. The number of carbonyl (C=O) groups is 4. The number of carboxylic acid groups (broad SMARTS) is 2. The molecule has 0 radical (unpaired) electrons. The monoisotopic (exact) mass is 1750 g/mol. The molecule has 2 heterocycles. The zero-order valence-electron chi connectivity index (χ0n) is 65.6. The quantitative estimate of drug-likeness (QED) is 0.00339. The Balaban J connectivity index is -0.00000135. The summed E-state index contributed by atoms with van der Waals surface area (Å²) in [5, 5.41) is 133. The van der Waals surface area contributed by atoms with Crippen LogP contribution in [-0.2, 0) is 44.9 Å². The van der Waals surface area contributed by atoms with Crippen molar-refractivity contribution in [1.29, 1.82) is 5.39 Å². The van der Waals surface area contributed by atoms with E-state index in [0.29, 0.717) is 56.4 Å². The van der Waals surface area contributed by atoms with Crippen LogP contribution < -0.4 is 96.0 Å². The molecule has 119 heavy (non-hydrogen) atoms. The summed E-state index contributed by atoms with van der Waals surface area (Å²) in [5.74, 6) is -1.36. The molecule has 0 unspecified atom stereocenters. The van der Waals surface area contributed by atoms with Crippen molar-refractivity contribution < 1.29 is 158 Å². The third kappa shape index (κ3) is 42.0. The van der Waals surface area contributed by atoms with Crippen LogP contribution in [0.25, 0.3) is 38.4 Å². The number of nitro groups is 3. The molecule has 0 bridgehead atoms. The molecule has 0 fully saturated rings. The van der Waals surface area contributed by atoms with Gasteiger partial charge in [-0.05, 0) is 133 Å². The van der Waals surface area contributed by atoms with Crippen LogP contribution in [0.2, 0.25) is 0 Å². The molecule has 1 amide bonds. The molecule has 0 atom stereocenters. The number of carboxylic acids is 2. The summed E-state index contributed by atoms with van der Waals surface area (Å²) in [7, 11) is 12.8. The number of diazo groups is 1. The number of aldehydes is 1. The average molecular weight is 1760 g/mol. The van der Waals surface area contributed by atoms with Crippen molar-refractivity contribution in [2.45, 2.75) is 51.4 Å². The Morgan fingerprint density at radius 2 is 0.899 bits per heavy atom. The smallest absolute Gasteiger partial charge is 1.00 e. The van der Waals surface area contributed by atoms with Gasteiger partial charge in [-0.25, -0.2) is 0 Å². The molecule has 632 valence electrons. The van der Waals surface area contributed by atoms with Crippen LogP contribution in [-0.4, -0.2) is 177 Å². The van der Waals surface area contributed by atoms with Crippen LogP contribution in [0.3, 0.4) is 0 Å². The number of likely N-dealkylation sites (N-methyl/N-ethyl adjacent to an activating group) is 2. The standard InChI is InChI=1S/C20H25N5O2.C15H13N3O4.C15H13N3O3.C9H10O3.C6H4N3O2.C6H6N2O2.C5H15N2.5ClH.HNO2.Na/c1-25(2,3)13-12-21-20(27)11-9-15-8-10-19(26)18(14-15)24-22-16-6-4-5-7-17(16)23-24;19-9-3-4-11-7-8-15(20)13(10-11)17-16-12-5-1-2-6-14(12)18(21)22;19-14-7-5-10(6-8-15(20)21)9-13(14)18-16-11-3-1-2-4-12(11)17-18;10-8-4-1-7(2-5-8)3-6-9(11)12;7-8-5-3-1-2-4-6(5)9(10)11;7-5-3-1-2-4-6(5)8(9)10;1-7(2,3)5-4-6;;;;;;2-1-3;/h4-8,10,14H,9,11-13H2,1-3H3,(H-,21,26,27);1-2,5-10,20H,3-4H2;1-5,7,9,19H,6,8H2,(H,20,21);1-2,4-5,10H,3,6H2,(H,11,12);1-4H;1-4H,7H2;4-6H2,1-3H3;5*1H;(H,2,3);/q;;;;+1;;+1;;;;;;;+1/p-3. The first-order chi connectivity index (χ1) is 53.7. The second-order valence-corrected chi connectivity index (χ2v) is 26.0. The largest absolute Gasteiger partial charge is 1.00 e. The Kier molecular flexibility index (Phi) is 53.9. The predicted molar refractivity (Wildman–Crippen MR) is 427 cm³/mol. The van der Waals surface area contributed by atoms with Crippen LogP contribution in [0, 0.1) is 45.9 Å². The molecule has 11 rings (SSSR count). The Hall–Kier alpha value is -12.2. The molecule has 43 heteroatoms. The number of quaternary nitrogens is 3. The number of hydrogen-bond donors (Lipinski definition) is 9. The molecule has 12 N–H and O–H groups in total. The number of anilines is 1. The van der Waals surface area contributed by atoms with Crippen molar-refractivity contribution in [2.24, 2.45) is 15.6 Å². The van der Waals surface area contributed by atoms with Gasteiger partial charge in [0.1, 0.15) is 87.2 Å². The number of nitrogens with one attached hydrogen (secondary N) is 1. The maximum Gasteiger partial charge on any atom is 1.00 e. The number of azo groups is 1. The molecule has 0 saturated heterocycles. The molecule has 11 aromatic rings. The summed E-state index contributed by atoms with van der Waals surface area (Å²) in [6.07, 6.45) is 3.76. The number of benzene rings is 9. The number of nitro benzene ring substituents is 3. The molecular formula is C76H89Cl5N19NaO18. The number of halogens is 5. The van der Waals surface area contributed by atoms with Crippen LogP contribution in [0.5, 0.6) is 23.0 Å². The van der Waals surface area contributed by atoms with Crippen molar-refractivity contribution in [1.82, 2.24) is 35.3 Å². The average Bonchev–Trinajstić information content (AvgIpc) is 1.66. The van der Waals surface area contributed by atoms with E-state index < -0.39 is 26.7 Å². The molecule has 0 aliphatic rings. The van der Waals surface area contributed by atoms with Gasteiger partial charge in [0.2, 0.25) is 11.3 Å². The topological polar surface area (TPSA) is 552 Å². The minimum atomic E-state index is -0.854. The number of hydrogen-bond acceptors (Lipinski definition) is 25. The number of rotatable bonds is 24. The number of nitrogens with two attached hydrogens (primary N) is 1. The number of aromatic hydroxyl groups is 4. The summed E-state index contributed by atoms with van der Waals surface area (Å²) >= 11 is 0. The zero-order valence-corrected chi connectivity index (χ0v) is 71.4. The van der Waals surface area contributed by atoms with Gasteiger partial charge in [0.05, 0.1) is 70.1 Å². The molecule has 0 aliphatic heterocycles. The summed E-state index contributed by atoms with van der Waals surface area (Å²) in [6.45, 7) is 3.74. The summed E-state index contributed by atoms with van der Waals surface area (Å²) in [5.41, 5.74) is 16.5. The Bertz CT molecular complexity index is 5010. The second-order valence-electron chi connectivity index (χ2n) is 26.0. The number of para-hydroxylation sites is 4. The van der Waals surface area contributed by atoms with E-state index in [1.807, 2.05) is 60.7 Å². The van der Waals surface area contributed by atoms with Gasteiger partial charge in [0.15, 0.2) is 10.7 Å². The van der Waals surface area contributed by atoms with E-state index in [1.165, 1.54) is 76.8 Å². The molecule has 9 aromatic carbocycles. The van der Waals surface area contributed by atoms with Gasteiger partial charge in [-0.3, -0.25) is 44.7 Å². The van der Waals surface area contributed by atoms with E-state index in [4.69, 9.17) is 36.6 Å². The third-order valence-corrected chi connectivity index (χ3v) is 15.1. The third-order valence-electron chi connectivity index (χ3n) is 15.1. The molecule has 37 nitrogen and oxygen atoms in total. The molecule has 2 aromatic heterocycles. The van der Waals surface area contributed by atoms with Gasteiger partial charge in [0, 0.05) is 49.9 Å². The number of carbonyl (C=O) groups excluding carboxylic acids is 2. The number of phenols is 4. The number of aliphatic carboxylic acids is 2. The molecular weight excluding hydrogens is 1670 g/mol. The van der Waals surface area contributed by atoms with Crippen LogP contribution in [0.1, 0.15) is 47.9 Å². The SMILES string of the molecule is C[N+](C)(C)CCNC(=O)CCc1ccc(O)c(-n2nc3ccccc3n2)c1.C[N+](C)(C)CC[NH3+].Cl.N#[N+]c1ccccc1[N+](=O)[O-].Nc1ccccc1[N+](=O)[O-].O=C(O)CCc1ccc(O)c(-n2nc3ccccc3n2)c1.O=C(O)CCc1ccc(O)cc1.O=CCCc1ccc(O)c(N=Nc2ccccc2[N+](=O)[O-])c1.O=N[O-].[Cl-].[Cl-].[Cl-].[Cl-].[Na+]. The van der Waals surface area contributed by atoms with Gasteiger partial charge in [-0.1, -0.05) is 91.0 Å². The van der Waals surface area contributed by atoms with Crippen molar-refractivity contribution in [3.05, 3.63) is 268 Å². The van der Waals surface area contributed by atoms with Crippen LogP contribution in [0.4, 0.5) is 39.8 Å². The van der Waals surface area contributed by atoms with Crippen molar-refractivity contribution in [3.8, 4) is 34.4 Å². The van der Waals surface area contributed by atoms with Gasteiger partial charge < -0.3 is 121 Å². The normalized spacial score (nSPS) is 9.90. The number of aryl methyl sites for hydroxylation is 4. The van der Waals surface area contributed by atoms with Crippen molar-refractivity contribution >= 4 is 98.4 Å². The molecule has 0 aliphatic carbocycles. The molecule has 0 spiro atoms. The van der Waals surface area contributed by atoms with Gasteiger partial charge in [-0.2, -0.15) is 0 Å². The summed E-state index contributed by atoms with van der Waals surface area (Å²) in [6, 6.07) is 54.2. The Labute approximate surface area is 735 Å². The summed E-state index contributed by atoms with van der Waals surface area (Å²) < 4.78 is 1.84. The summed E-state index contributed by atoms with van der Waals surface area (Å²) in [4.78, 5) is 86.4. The first-order valence-electron chi connectivity index (χ1n) is 34.3. The maximum atomic E-state index is 12.0. The predicted octanol–water partition coefficient (Wildman–Crippen LogP) is -2.84. The van der Waals surface area contributed by atoms with E-state index in [2.05, 4.69) is 88.9 Å². The Morgan fingerprint density at radius 3 is 1.29 bits per heavy atom. The number of nitrogens with zero attached hydrogens (tertiary/aromatic N) is 16. The number of fused-ring (bicyclic) bond motifs is 2. The first-order valence-corrected chi connectivity index (χ1v) is 34.3. The van der Waals surface area contributed by atoms with E-state index in [9.17, 15) is 64.8 Å². The van der Waals surface area contributed by atoms with E-state index >= 15 is 0 Å². The van der Waals surface area contributed by atoms with Gasteiger partial charge in [0.25, 0.3) is 11.4 Å². The van der Waals surface area contributed by atoms with E-state index in [1.54, 1.807) is 78.9 Å². The number of aromatic nitrogens is 6.